The Morgan fingerprint density at radius 2 is 1.00 bits per heavy atom. The number of hydrogen-bond donors (Lipinski definition) is 0. The van der Waals surface area contributed by atoms with E-state index >= 15 is 0 Å². The Hall–Kier alpha value is -5.14. The monoisotopic (exact) mass is 552 g/mol. The van der Waals surface area contributed by atoms with Gasteiger partial charge >= 0.3 is 0 Å². The summed E-state index contributed by atoms with van der Waals surface area (Å²) in [5.41, 5.74) is 10.5. The van der Waals surface area contributed by atoms with Gasteiger partial charge in [-0.15, -0.1) is 0 Å². The average molecular weight is 553 g/mol. The molecule has 1 heteroatoms. The highest BCUT2D eigenvalue weighted by atomic mass is 16.3. The van der Waals surface area contributed by atoms with Gasteiger partial charge in [0.05, 0.1) is 0 Å². The first-order valence-electron chi connectivity index (χ1n) is 15.0. The second-order valence-corrected chi connectivity index (χ2v) is 12.6. The molecule has 0 radical (unpaired) electrons. The maximum Gasteiger partial charge on any atom is 0.143 e. The fourth-order valence-corrected chi connectivity index (χ4v) is 6.44. The van der Waals surface area contributed by atoms with Crippen molar-refractivity contribution in [3.8, 4) is 33.4 Å². The third-order valence-corrected chi connectivity index (χ3v) is 8.81. The lowest BCUT2D eigenvalue weighted by atomic mass is 9.85. The molecule has 0 spiro atoms. The van der Waals surface area contributed by atoms with E-state index in [0.717, 1.165) is 33.1 Å². The zero-order valence-corrected chi connectivity index (χ0v) is 24.7. The molecular formula is C42H32O. The van der Waals surface area contributed by atoms with Crippen molar-refractivity contribution in [2.24, 2.45) is 0 Å². The molecule has 0 unspecified atom stereocenters. The standard InChI is InChI=1S/C42H32O/c1-42(2,3)34-20-22-36-33(26-34)18-17-32-25-30(19-21-35(32)36)28-10-6-9-27(23-28)29-11-7-12-31(24-29)37-14-8-15-39-38-13-4-5-16-40(38)43-41(37)39/h4-26H,1-3H3. The topological polar surface area (TPSA) is 13.1 Å². The first-order valence-corrected chi connectivity index (χ1v) is 15.0. The van der Waals surface area contributed by atoms with E-state index in [2.05, 4.69) is 148 Å². The van der Waals surface area contributed by atoms with Crippen molar-refractivity contribution in [1.29, 1.82) is 0 Å². The number of rotatable bonds is 3. The molecule has 8 aromatic rings. The molecule has 1 aromatic heterocycles. The van der Waals surface area contributed by atoms with Crippen LogP contribution in [0.1, 0.15) is 26.3 Å². The molecule has 0 aliphatic heterocycles. The summed E-state index contributed by atoms with van der Waals surface area (Å²) in [5, 5.41) is 7.47. The van der Waals surface area contributed by atoms with Crippen molar-refractivity contribution in [2.45, 2.75) is 26.2 Å². The summed E-state index contributed by atoms with van der Waals surface area (Å²) >= 11 is 0. The number of benzene rings is 7. The quantitative estimate of drug-likeness (QED) is 0.199. The van der Waals surface area contributed by atoms with Crippen LogP contribution < -0.4 is 0 Å². The minimum atomic E-state index is 0.137. The Morgan fingerprint density at radius 3 is 1.74 bits per heavy atom. The van der Waals surface area contributed by atoms with Crippen molar-refractivity contribution in [3.05, 3.63) is 145 Å². The minimum Gasteiger partial charge on any atom is -0.455 e. The number of furan rings is 1. The molecule has 0 aliphatic carbocycles. The van der Waals surface area contributed by atoms with Gasteiger partial charge in [0.15, 0.2) is 0 Å². The molecule has 1 nitrogen and oxygen atoms in total. The van der Waals surface area contributed by atoms with Crippen molar-refractivity contribution in [3.63, 3.8) is 0 Å². The van der Waals surface area contributed by atoms with Gasteiger partial charge in [-0.2, -0.15) is 0 Å². The second-order valence-electron chi connectivity index (χ2n) is 12.6. The van der Waals surface area contributed by atoms with E-state index in [1.807, 2.05) is 12.1 Å². The Labute approximate surface area is 252 Å². The van der Waals surface area contributed by atoms with Crippen LogP contribution in [-0.2, 0) is 5.41 Å². The van der Waals surface area contributed by atoms with Gasteiger partial charge < -0.3 is 4.42 Å². The lowest BCUT2D eigenvalue weighted by molar-refractivity contribution is 0.591. The lowest BCUT2D eigenvalue weighted by Gasteiger charge is -2.20. The molecule has 1 heterocycles. The summed E-state index contributed by atoms with van der Waals surface area (Å²) in [6.07, 6.45) is 0. The van der Waals surface area contributed by atoms with E-state index in [0.29, 0.717) is 0 Å². The van der Waals surface area contributed by atoms with Gasteiger partial charge in [0, 0.05) is 16.3 Å². The summed E-state index contributed by atoms with van der Waals surface area (Å²) in [4.78, 5) is 0. The van der Waals surface area contributed by atoms with Gasteiger partial charge in [0.2, 0.25) is 0 Å². The fraction of sp³-hybridized carbons (Fsp3) is 0.0952. The molecule has 0 saturated heterocycles. The zero-order valence-electron chi connectivity index (χ0n) is 24.7. The zero-order chi connectivity index (χ0) is 29.1. The minimum absolute atomic E-state index is 0.137. The maximum absolute atomic E-state index is 6.34. The predicted molar refractivity (Wildman–Crippen MR) is 184 cm³/mol. The normalized spacial score (nSPS) is 12.1. The van der Waals surface area contributed by atoms with Crippen LogP contribution in [0.4, 0.5) is 0 Å². The molecular weight excluding hydrogens is 520 g/mol. The fourth-order valence-electron chi connectivity index (χ4n) is 6.44. The third-order valence-electron chi connectivity index (χ3n) is 8.81. The van der Waals surface area contributed by atoms with E-state index < -0.39 is 0 Å². The summed E-state index contributed by atoms with van der Waals surface area (Å²) in [6, 6.07) is 50.7. The summed E-state index contributed by atoms with van der Waals surface area (Å²) in [6.45, 7) is 6.81. The molecule has 0 aliphatic rings. The molecule has 0 fully saturated rings. The molecule has 0 atom stereocenters. The first-order chi connectivity index (χ1) is 20.9. The maximum atomic E-state index is 6.34. The van der Waals surface area contributed by atoms with Gasteiger partial charge in [-0.1, -0.05) is 136 Å². The molecule has 0 bridgehead atoms. The van der Waals surface area contributed by atoms with E-state index in [1.165, 1.54) is 49.4 Å². The molecule has 0 N–H and O–H groups in total. The Morgan fingerprint density at radius 1 is 0.419 bits per heavy atom. The Kier molecular flexibility index (Phi) is 5.77. The van der Waals surface area contributed by atoms with Crippen LogP contribution in [-0.4, -0.2) is 0 Å². The lowest BCUT2D eigenvalue weighted by Crippen LogP contribution is -2.10. The highest BCUT2D eigenvalue weighted by Gasteiger charge is 2.15. The molecule has 7 aromatic carbocycles. The Bertz CT molecular complexity index is 2330. The Balaban J connectivity index is 1.17. The van der Waals surface area contributed by atoms with E-state index in [1.54, 1.807) is 0 Å². The number of para-hydroxylation sites is 2. The van der Waals surface area contributed by atoms with Gasteiger partial charge in [-0.05, 0) is 84.6 Å². The van der Waals surface area contributed by atoms with E-state index in [9.17, 15) is 0 Å². The molecule has 43 heavy (non-hydrogen) atoms. The van der Waals surface area contributed by atoms with Crippen molar-refractivity contribution >= 4 is 43.5 Å². The van der Waals surface area contributed by atoms with Crippen LogP contribution in [0.3, 0.4) is 0 Å². The summed E-state index contributed by atoms with van der Waals surface area (Å²) < 4.78 is 6.34. The van der Waals surface area contributed by atoms with Gasteiger partial charge in [0.25, 0.3) is 0 Å². The smallest absolute Gasteiger partial charge is 0.143 e. The van der Waals surface area contributed by atoms with Gasteiger partial charge in [0.1, 0.15) is 11.2 Å². The van der Waals surface area contributed by atoms with Crippen LogP contribution in [0, 0.1) is 0 Å². The molecule has 206 valence electrons. The van der Waals surface area contributed by atoms with Crippen LogP contribution in [0.25, 0.3) is 76.9 Å². The first kappa shape index (κ1) is 25.6. The van der Waals surface area contributed by atoms with Gasteiger partial charge in [-0.25, -0.2) is 0 Å². The SMILES string of the molecule is CC(C)(C)c1ccc2c(ccc3cc(-c4cccc(-c5cccc(-c6cccc7c6oc6ccccc67)c5)c4)ccc32)c1. The molecule has 0 amide bonds. The number of fused-ring (bicyclic) bond motifs is 6. The van der Waals surface area contributed by atoms with Crippen LogP contribution in [0.2, 0.25) is 0 Å². The van der Waals surface area contributed by atoms with Crippen LogP contribution in [0.15, 0.2) is 144 Å². The second kappa shape index (κ2) is 9.71. The van der Waals surface area contributed by atoms with Crippen molar-refractivity contribution in [1.82, 2.24) is 0 Å². The largest absolute Gasteiger partial charge is 0.455 e. The highest BCUT2D eigenvalue weighted by molar-refractivity contribution is 6.10. The van der Waals surface area contributed by atoms with Gasteiger partial charge in [-0.3, -0.25) is 0 Å². The average Bonchev–Trinajstić information content (AvgIpc) is 3.43. The van der Waals surface area contributed by atoms with E-state index in [4.69, 9.17) is 4.42 Å². The summed E-state index contributed by atoms with van der Waals surface area (Å²) in [7, 11) is 0. The predicted octanol–water partition coefficient (Wildman–Crippen LogP) is 12.2. The third kappa shape index (κ3) is 4.40. The highest BCUT2D eigenvalue weighted by Crippen LogP contribution is 2.38. The number of hydrogen-bond acceptors (Lipinski definition) is 1. The molecule has 8 rings (SSSR count). The van der Waals surface area contributed by atoms with Crippen molar-refractivity contribution < 1.29 is 4.42 Å². The van der Waals surface area contributed by atoms with Crippen molar-refractivity contribution in [2.75, 3.05) is 0 Å². The van der Waals surface area contributed by atoms with Crippen LogP contribution >= 0.6 is 0 Å². The van der Waals surface area contributed by atoms with E-state index in [-0.39, 0.29) is 5.41 Å². The van der Waals surface area contributed by atoms with Crippen LogP contribution in [0.5, 0.6) is 0 Å². The summed E-state index contributed by atoms with van der Waals surface area (Å²) in [5.74, 6) is 0. The molecule has 0 saturated carbocycles.